The number of morpholine rings is 1. The lowest BCUT2D eigenvalue weighted by atomic mass is 9.97. The molecule has 0 spiro atoms. The maximum Gasteiger partial charge on any atom is 0.247 e. The fraction of sp³-hybridized carbons (Fsp3) is 0.607. The normalized spacial score (nSPS) is 18.0. The molecular formula is C28H40N4O3S. The highest BCUT2D eigenvalue weighted by molar-refractivity contribution is 7.18. The number of ether oxygens (including phenoxy) is 1. The van der Waals surface area contributed by atoms with Gasteiger partial charge in [0.25, 0.3) is 0 Å². The molecular weight excluding hydrogens is 472 g/mol. The number of hydrogen-bond acceptors (Lipinski definition) is 6. The summed E-state index contributed by atoms with van der Waals surface area (Å²) in [6.07, 6.45) is 5.56. The average molecular weight is 513 g/mol. The summed E-state index contributed by atoms with van der Waals surface area (Å²) in [6, 6.07) is 6.38. The number of aryl methyl sites for hydroxylation is 1. The third kappa shape index (κ3) is 7.37. The zero-order valence-corrected chi connectivity index (χ0v) is 22.5. The first kappa shape index (κ1) is 26.8. The third-order valence-electron chi connectivity index (χ3n) is 7.33. The van der Waals surface area contributed by atoms with Crippen molar-refractivity contribution >= 4 is 33.4 Å². The van der Waals surface area contributed by atoms with Gasteiger partial charge in [-0.2, -0.15) is 0 Å². The average Bonchev–Trinajstić information content (AvgIpc) is 3.55. The van der Waals surface area contributed by atoms with Gasteiger partial charge in [-0.25, -0.2) is 4.98 Å². The number of carbonyl (C=O) groups excluding carboxylic acids is 2. The molecule has 2 aliphatic rings. The van der Waals surface area contributed by atoms with Gasteiger partial charge in [0, 0.05) is 50.6 Å². The molecule has 2 N–H and O–H groups in total. The van der Waals surface area contributed by atoms with Gasteiger partial charge in [-0.15, -0.1) is 11.3 Å². The van der Waals surface area contributed by atoms with Crippen LogP contribution in [0.25, 0.3) is 10.2 Å². The molecule has 7 nitrogen and oxygen atoms in total. The second kappa shape index (κ2) is 12.8. The van der Waals surface area contributed by atoms with Crippen LogP contribution < -0.4 is 10.6 Å². The molecule has 1 aliphatic heterocycles. The van der Waals surface area contributed by atoms with Crippen LogP contribution in [0, 0.1) is 5.92 Å². The Labute approximate surface area is 218 Å². The molecule has 1 aromatic heterocycles. The second-order valence-corrected chi connectivity index (χ2v) is 11.5. The van der Waals surface area contributed by atoms with Gasteiger partial charge in [-0.3, -0.25) is 14.5 Å². The van der Waals surface area contributed by atoms with Crippen molar-refractivity contribution in [2.45, 2.75) is 64.3 Å². The number of carbonyl (C=O) groups is 2. The lowest BCUT2D eigenvalue weighted by Gasteiger charge is -2.28. The number of aromatic nitrogens is 1. The van der Waals surface area contributed by atoms with E-state index in [0.717, 1.165) is 36.5 Å². The Kier molecular flexibility index (Phi) is 9.51. The lowest BCUT2D eigenvalue weighted by molar-refractivity contribution is -0.123. The van der Waals surface area contributed by atoms with Crippen molar-refractivity contribution in [3.63, 3.8) is 0 Å². The SMILES string of the molecule is C=C(CN1CCOCC1)C(=O)NCC(NC(=O)CCc1nc2ccc(C(C)C)cc2s1)C1CCCC1. The molecule has 1 saturated carbocycles. The Bertz CT molecular complexity index is 1050. The van der Waals surface area contributed by atoms with E-state index in [1.165, 1.54) is 23.1 Å². The molecule has 8 heteroatoms. The summed E-state index contributed by atoms with van der Waals surface area (Å²) in [5.74, 6) is 0.776. The number of thiazole rings is 1. The van der Waals surface area contributed by atoms with Gasteiger partial charge in [0.2, 0.25) is 11.8 Å². The van der Waals surface area contributed by atoms with E-state index in [1.807, 2.05) is 0 Å². The number of rotatable bonds is 11. The van der Waals surface area contributed by atoms with Gasteiger partial charge in [0.15, 0.2) is 0 Å². The van der Waals surface area contributed by atoms with Crippen LogP contribution in [0.5, 0.6) is 0 Å². The summed E-state index contributed by atoms with van der Waals surface area (Å²) in [4.78, 5) is 32.5. The van der Waals surface area contributed by atoms with E-state index < -0.39 is 0 Å². The number of amides is 2. The Morgan fingerprint density at radius 2 is 1.97 bits per heavy atom. The summed E-state index contributed by atoms with van der Waals surface area (Å²) in [6.45, 7) is 12.4. The van der Waals surface area contributed by atoms with Crippen LogP contribution in [0.1, 0.15) is 62.4 Å². The van der Waals surface area contributed by atoms with Crippen molar-refractivity contribution in [2.24, 2.45) is 5.92 Å². The zero-order valence-electron chi connectivity index (χ0n) is 21.7. The Hall–Kier alpha value is -2.29. The lowest BCUT2D eigenvalue weighted by Crippen LogP contribution is -2.48. The van der Waals surface area contributed by atoms with E-state index in [9.17, 15) is 9.59 Å². The van der Waals surface area contributed by atoms with Crippen LogP contribution in [0.4, 0.5) is 0 Å². The van der Waals surface area contributed by atoms with Gasteiger partial charge >= 0.3 is 0 Å². The minimum atomic E-state index is -0.131. The standard InChI is InChI=1S/C28H40N4O3S/c1-19(2)22-8-9-23-25(16-22)36-27(31-23)11-10-26(33)30-24(21-6-4-5-7-21)17-29-28(34)20(3)18-32-12-14-35-15-13-32/h8-9,16,19,21,24H,3-7,10-15,17-18H2,1-2H3,(H,29,34)(H,30,33). The maximum atomic E-state index is 12.9. The number of fused-ring (bicyclic) bond motifs is 1. The molecule has 2 fully saturated rings. The first-order valence-corrected chi connectivity index (χ1v) is 14.2. The van der Waals surface area contributed by atoms with E-state index in [0.29, 0.717) is 56.6 Å². The van der Waals surface area contributed by atoms with Crippen molar-refractivity contribution in [3.05, 3.63) is 40.9 Å². The largest absolute Gasteiger partial charge is 0.379 e. The van der Waals surface area contributed by atoms with E-state index in [2.05, 4.69) is 54.2 Å². The highest BCUT2D eigenvalue weighted by Crippen LogP contribution is 2.29. The fourth-order valence-corrected chi connectivity index (χ4v) is 6.09. The number of nitrogens with one attached hydrogen (secondary N) is 2. The molecule has 4 rings (SSSR count). The molecule has 196 valence electrons. The Balaban J connectivity index is 1.28. The Morgan fingerprint density at radius 3 is 2.69 bits per heavy atom. The first-order valence-electron chi connectivity index (χ1n) is 13.3. The molecule has 0 bridgehead atoms. The maximum absolute atomic E-state index is 12.9. The molecule has 1 saturated heterocycles. The summed E-state index contributed by atoms with van der Waals surface area (Å²) in [7, 11) is 0. The van der Waals surface area contributed by atoms with Gasteiger partial charge in [-0.1, -0.05) is 39.3 Å². The van der Waals surface area contributed by atoms with E-state index >= 15 is 0 Å². The minimum absolute atomic E-state index is 0.0235. The van der Waals surface area contributed by atoms with Crippen LogP contribution in [-0.2, 0) is 20.7 Å². The van der Waals surface area contributed by atoms with Crippen molar-refractivity contribution in [1.29, 1.82) is 0 Å². The fourth-order valence-electron chi connectivity index (χ4n) is 5.08. The molecule has 0 radical (unpaired) electrons. The van der Waals surface area contributed by atoms with Gasteiger partial charge < -0.3 is 15.4 Å². The third-order valence-corrected chi connectivity index (χ3v) is 8.40. The van der Waals surface area contributed by atoms with Gasteiger partial charge in [-0.05, 0) is 42.4 Å². The quantitative estimate of drug-likeness (QED) is 0.444. The van der Waals surface area contributed by atoms with Crippen LogP contribution in [0.15, 0.2) is 30.4 Å². The number of nitrogens with zero attached hydrogens (tertiary/aromatic N) is 2. The molecule has 2 amide bonds. The van der Waals surface area contributed by atoms with E-state index in [4.69, 9.17) is 9.72 Å². The van der Waals surface area contributed by atoms with E-state index in [1.54, 1.807) is 11.3 Å². The highest BCUT2D eigenvalue weighted by Gasteiger charge is 2.27. The van der Waals surface area contributed by atoms with Crippen LogP contribution in [0.2, 0.25) is 0 Å². The number of benzene rings is 1. The second-order valence-electron chi connectivity index (χ2n) is 10.4. The van der Waals surface area contributed by atoms with Crippen LogP contribution >= 0.6 is 11.3 Å². The molecule has 2 aromatic rings. The highest BCUT2D eigenvalue weighted by atomic mass is 32.1. The summed E-state index contributed by atoms with van der Waals surface area (Å²) >= 11 is 1.68. The van der Waals surface area contributed by atoms with Crippen molar-refractivity contribution in [1.82, 2.24) is 20.5 Å². The summed E-state index contributed by atoms with van der Waals surface area (Å²) in [5.41, 5.74) is 2.87. The van der Waals surface area contributed by atoms with Gasteiger partial charge in [0.1, 0.15) is 0 Å². The molecule has 36 heavy (non-hydrogen) atoms. The predicted octanol–water partition coefficient (Wildman–Crippen LogP) is 4.03. The number of hydrogen-bond donors (Lipinski definition) is 2. The smallest absolute Gasteiger partial charge is 0.247 e. The summed E-state index contributed by atoms with van der Waals surface area (Å²) in [5, 5.41) is 7.26. The molecule has 1 aliphatic carbocycles. The van der Waals surface area contributed by atoms with Crippen LogP contribution in [0.3, 0.4) is 0 Å². The zero-order chi connectivity index (χ0) is 25.5. The molecule has 2 heterocycles. The minimum Gasteiger partial charge on any atom is -0.379 e. The van der Waals surface area contributed by atoms with Crippen molar-refractivity contribution in [2.75, 3.05) is 39.4 Å². The topological polar surface area (TPSA) is 83.6 Å². The monoisotopic (exact) mass is 512 g/mol. The Morgan fingerprint density at radius 1 is 1.22 bits per heavy atom. The van der Waals surface area contributed by atoms with Crippen molar-refractivity contribution in [3.8, 4) is 0 Å². The van der Waals surface area contributed by atoms with Crippen molar-refractivity contribution < 1.29 is 14.3 Å². The molecule has 1 aromatic carbocycles. The predicted molar refractivity (Wildman–Crippen MR) is 145 cm³/mol. The molecule has 1 atom stereocenters. The summed E-state index contributed by atoms with van der Waals surface area (Å²) < 4.78 is 6.56. The van der Waals surface area contributed by atoms with E-state index in [-0.39, 0.29) is 17.9 Å². The van der Waals surface area contributed by atoms with Gasteiger partial charge in [0.05, 0.1) is 28.4 Å². The molecule has 1 unspecified atom stereocenters. The van der Waals surface area contributed by atoms with Crippen LogP contribution in [-0.4, -0.2) is 67.1 Å². The first-order chi connectivity index (χ1) is 17.4.